The van der Waals surface area contributed by atoms with Crippen LogP contribution in [0, 0.1) is 6.92 Å². The molecule has 1 aliphatic rings. The molecule has 0 spiro atoms. The molecule has 0 unspecified atom stereocenters. The first-order valence-corrected chi connectivity index (χ1v) is 8.89. The molecule has 7 heteroatoms. The van der Waals surface area contributed by atoms with E-state index in [0.717, 1.165) is 24.8 Å². The third kappa shape index (κ3) is 3.72. The molecule has 0 saturated carbocycles. The first kappa shape index (κ1) is 16.2. The van der Waals surface area contributed by atoms with E-state index in [0.29, 0.717) is 28.8 Å². The van der Waals surface area contributed by atoms with Crippen molar-refractivity contribution in [3.63, 3.8) is 0 Å². The van der Waals surface area contributed by atoms with Gasteiger partial charge in [0.2, 0.25) is 10.0 Å². The van der Waals surface area contributed by atoms with Crippen molar-refractivity contribution in [2.75, 3.05) is 25.5 Å². The van der Waals surface area contributed by atoms with Crippen LogP contribution in [0.5, 0.6) is 0 Å². The summed E-state index contributed by atoms with van der Waals surface area (Å²) in [6.45, 7) is 3.12. The fourth-order valence-corrected chi connectivity index (χ4v) is 3.99. The zero-order chi connectivity index (χ0) is 15.5. The maximum Gasteiger partial charge on any atom is 0.243 e. The van der Waals surface area contributed by atoms with Gasteiger partial charge in [0, 0.05) is 25.8 Å². The van der Waals surface area contributed by atoms with Crippen molar-refractivity contribution in [3.05, 3.63) is 23.8 Å². The summed E-state index contributed by atoms with van der Waals surface area (Å²) in [7, 11) is -1.69. The van der Waals surface area contributed by atoms with Gasteiger partial charge in [0.15, 0.2) is 5.11 Å². The first-order chi connectivity index (χ1) is 9.95. The lowest BCUT2D eigenvalue weighted by Gasteiger charge is -2.26. The van der Waals surface area contributed by atoms with Crippen LogP contribution >= 0.6 is 12.2 Å². The van der Waals surface area contributed by atoms with Crippen molar-refractivity contribution in [1.29, 1.82) is 0 Å². The molecule has 0 radical (unpaired) electrons. The van der Waals surface area contributed by atoms with Gasteiger partial charge < -0.3 is 10.6 Å². The fourth-order valence-electron chi connectivity index (χ4n) is 2.34. The monoisotopic (exact) mass is 327 g/mol. The van der Waals surface area contributed by atoms with Crippen LogP contribution < -0.4 is 10.6 Å². The molecule has 1 heterocycles. The topological polar surface area (TPSA) is 61.4 Å². The number of hydrogen-bond donors (Lipinski definition) is 2. The minimum absolute atomic E-state index is 0.316. The fraction of sp³-hybridized carbons (Fsp3) is 0.500. The highest BCUT2D eigenvalue weighted by Gasteiger charge is 2.26. The number of anilines is 1. The Hall–Kier alpha value is -1.18. The van der Waals surface area contributed by atoms with Crippen LogP contribution in [0.4, 0.5) is 5.69 Å². The van der Waals surface area contributed by atoms with Crippen LogP contribution in [0.2, 0.25) is 0 Å². The minimum atomic E-state index is -3.41. The predicted molar refractivity (Wildman–Crippen MR) is 89.1 cm³/mol. The molecule has 5 nitrogen and oxygen atoms in total. The Morgan fingerprint density at radius 3 is 2.52 bits per heavy atom. The van der Waals surface area contributed by atoms with Gasteiger partial charge in [-0.05, 0) is 49.7 Å². The highest BCUT2D eigenvalue weighted by Crippen LogP contribution is 2.25. The van der Waals surface area contributed by atoms with Crippen molar-refractivity contribution in [1.82, 2.24) is 9.62 Å². The quantitative estimate of drug-likeness (QED) is 0.833. The molecule has 2 rings (SSSR count). The summed E-state index contributed by atoms with van der Waals surface area (Å²) >= 11 is 5.08. The summed E-state index contributed by atoms with van der Waals surface area (Å²) < 4.78 is 26.9. The molecule has 2 N–H and O–H groups in total. The first-order valence-electron chi connectivity index (χ1n) is 7.04. The Kier molecular flexibility index (Phi) is 5.18. The van der Waals surface area contributed by atoms with Crippen LogP contribution in [0.25, 0.3) is 0 Å². The molecular formula is C14H21N3O2S2. The molecule has 0 atom stereocenters. The summed E-state index contributed by atoms with van der Waals surface area (Å²) in [5, 5.41) is 6.30. The Labute approximate surface area is 131 Å². The Morgan fingerprint density at radius 1 is 1.24 bits per heavy atom. The summed E-state index contributed by atoms with van der Waals surface area (Å²) in [6, 6.07) is 5.12. The largest absolute Gasteiger partial charge is 0.366 e. The van der Waals surface area contributed by atoms with E-state index in [-0.39, 0.29) is 0 Å². The van der Waals surface area contributed by atoms with Crippen molar-refractivity contribution in [2.45, 2.75) is 31.1 Å². The Balaban J connectivity index is 2.30. The van der Waals surface area contributed by atoms with Crippen molar-refractivity contribution in [3.8, 4) is 0 Å². The predicted octanol–water partition coefficient (Wildman–Crippen LogP) is 2.09. The van der Waals surface area contributed by atoms with Crippen LogP contribution in [0.1, 0.15) is 24.8 Å². The van der Waals surface area contributed by atoms with Gasteiger partial charge in [-0.2, -0.15) is 4.31 Å². The van der Waals surface area contributed by atoms with Crippen LogP contribution in [-0.2, 0) is 10.0 Å². The highest BCUT2D eigenvalue weighted by atomic mass is 32.2. The van der Waals surface area contributed by atoms with Gasteiger partial charge in [0.25, 0.3) is 0 Å². The third-order valence-electron chi connectivity index (χ3n) is 3.64. The van der Waals surface area contributed by atoms with E-state index < -0.39 is 10.0 Å². The molecule has 1 aliphatic heterocycles. The van der Waals surface area contributed by atoms with Crippen molar-refractivity contribution < 1.29 is 8.42 Å². The van der Waals surface area contributed by atoms with E-state index in [1.807, 2.05) is 6.92 Å². The second-order valence-electron chi connectivity index (χ2n) is 5.15. The number of nitrogens with one attached hydrogen (secondary N) is 2. The third-order valence-corrected chi connectivity index (χ3v) is 5.84. The second kappa shape index (κ2) is 6.72. The Morgan fingerprint density at radius 2 is 1.90 bits per heavy atom. The zero-order valence-corrected chi connectivity index (χ0v) is 14.0. The van der Waals surface area contributed by atoms with Gasteiger partial charge in [0.1, 0.15) is 0 Å². The average Bonchev–Trinajstić information content (AvgIpc) is 2.50. The van der Waals surface area contributed by atoms with Gasteiger partial charge in [-0.1, -0.05) is 12.5 Å². The van der Waals surface area contributed by atoms with E-state index in [1.165, 1.54) is 0 Å². The SMILES string of the molecule is CNC(=S)Nc1cc(S(=O)(=O)N2CCCCC2)ccc1C. The van der Waals surface area contributed by atoms with Crippen LogP contribution in [0.15, 0.2) is 23.1 Å². The zero-order valence-electron chi connectivity index (χ0n) is 12.3. The second-order valence-corrected chi connectivity index (χ2v) is 7.49. The normalized spacial score (nSPS) is 16.5. The van der Waals surface area contributed by atoms with Gasteiger partial charge >= 0.3 is 0 Å². The molecule has 21 heavy (non-hydrogen) atoms. The van der Waals surface area contributed by atoms with Gasteiger partial charge in [-0.25, -0.2) is 8.42 Å². The number of nitrogens with zero attached hydrogens (tertiary/aromatic N) is 1. The van der Waals surface area contributed by atoms with Crippen LogP contribution in [0.3, 0.4) is 0 Å². The van der Waals surface area contributed by atoms with Crippen LogP contribution in [-0.4, -0.2) is 38.0 Å². The number of benzene rings is 1. The molecule has 0 aliphatic carbocycles. The number of piperidine rings is 1. The van der Waals surface area contributed by atoms with E-state index in [1.54, 1.807) is 29.6 Å². The molecule has 1 fully saturated rings. The molecule has 1 aromatic rings. The molecular weight excluding hydrogens is 306 g/mol. The van der Waals surface area contributed by atoms with Crippen molar-refractivity contribution in [2.24, 2.45) is 0 Å². The summed E-state index contributed by atoms with van der Waals surface area (Å²) in [5.74, 6) is 0. The number of thiocarbonyl (C=S) groups is 1. The lowest BCUT2D eigenvalue weighted by Crippen LogP contribution is -2.35. The Bertz CT molecular complexity index is 623. The van der Waals surface area contributed by atoms with Gasteiger partial charge in [0.05, 0.1) is 4.90 Å². The molecule has 116 valence electrons. The highest BCUT2D eigenvalue weighted by molar-refractivity contribution is 7.89. The van der Waals surface area contributed by atoms with E-state index in [2.05, 4.69) is 10.6 Å². The summed E-state index contributed by atoms with van der Waals surface area (Å²) in [6.07, 6.45) is 2.96. The number of hydrogen-bond acceptors (Lipinski definition) is 3. The van der Waals surface area contributed by atoms with Crippen molar-refractivity contribution >= 4 is 33.0 Å². The smallest absolute Gasteiger partial charge is 0.243 e. The minimum Gasteiger partial charge on any atom is -0.366 e. The maximum atomic E-state index is 12.7. The van der Waals surface area contributed by atoms with E-state index in [4.69, 9.17) is 12.2 Å². The molecule has 0 bridgehead atoms. The summed E-state index contributed by atoms with van der Waals surface area (Å²) in [5.41, 5.74) is 1.66. The standard InChI is InChI=1S/C14H21N3O2S2/c1-11-6-7-12(10-13(11)16-14(20)15-2)21(18,19)17-8-4-3-5-9-17/h6-7,10H,3-5,8-9H2,1-2H3,(H2,15,16,20). The summed E-state index contributed by atoms with van der Waals surface area (Å²) in [4.78, 5) is 0.316. The number of rotatable bonds is 3. The van der Waals surface area contributed by atoms with Gasteiger partial charge in [-0.15, -0.1) is 0 Å². The number of aryl methyl sites for hydroxylation is 1. The lowest BCUT2D eigenvalue weighted by atomic mass is 10.2. The lowest BCUT2D eigenvalue weighted by molar-refractivity contribution is 0.346. The molecule has 1 saturated heterocycles. The molecule has 1 aromatic carbocycles. The van der Waals surface area contributed by atoms with E-state index >= 15 is 0 Å². The number of sulfonamides is 1. The van der Waals surface area contributed by atoms with Gasteiger partial charge in [-0.3, -0.25) is 0 Å². The molecule has 0 amide bonds. The average molecular weight is 327 g/mol. The van der Waals surface area contributed by atoms with E-state index in [9.17, 15) is 8.42 Å². The maximum absolute atomic E-state index is 12.7. The molecule has 0 aromatic heterocycles.